The standard InChI is InChI=1S/C24H32N6O3.H2O/c1-32-22-8-4-3-7-18(22)24(31)29-19-9-14-30(17-23(19)33-2)13-6-5-10-26-16-21-20(15-25)27-11-12-28-21;/h3-4,7-8,11-12,19,23,26H,5-6,9-10,13-14,16-17H2,1-2H3,(H,29,31);1H2. The zero-order chi connectivity index (χ0) is 23.5. The number of piperidine rings is 1. The van der Waals surface area contributed by atoms with Gasteiger partial charge >= 0.3 is 0 Å². The zero-order valence-electron chi connectivity index (χ0n) is 19.8. The van der Waals surface area contributed by atoms with Crippen LogP contribution in [0.5, 0.6) is 5.75 Å². The number of aromatic nitrogens is 2. The minimum Gasteiger partial charge on any atom is -0.496 e. The number of rotatable bonds is 11. The molecular formula is C24H34N6O4. The molecule has 34 heavy (non-hydrogen) atoms. The molecule has 10 nitrogen and oxygen atoms in total. The average molecular weight is 471 g/mol. The van der Waals surface area contributed by atoms with Gasteiger partial charge in [-0.1, -0.05) is 12.1 Å². The van der Waals surface area contributed by atoms with Crippen LogP contribution >= 0.6 is 0 Å². The van der Waals surface area contributed by atoms with E-state index in [4.69, 9.17) is 14.7 Å². The summed E-state index contributed by atoms with van der Waals surface area (Å²) in [5, 5.41) is 15.5. The van der Waals surface area contributed by atoms with Crippen molar-refractivity contribution < 1.29 is 19.7 Å². The van der Waals surface area contributed by atoms with Gasteiger partial charge in [0.1, 0.15) is 11.8 Å². The fourth-order valence-corrected chi connectivity index (χ4v) is 4.05. The van der Waals surface area contributed by atoms with Gasteiger partial charge in [0, 0.05) is 39.1 Å². The molecule has 1 fully saturated rings. The van der Waals surface area contributed by atoms with E-state index >= 15 is 0 Å². The van der Waals surface area contributed by atoms with Gasteiger partial charge in [-0.3, -0.25) is 9.78 Å². The number of methoxy groups -OCH3 is 2. The molecule has 0 aliphatic carbocycles. The Balaban J connectivity index is 0.00000408. The third-order valence-electron chi connectivity index (χ3n) is 5.86. The van der Waals surface area contributed by atoms with E-state index in [0.29, 0.717) is 29.2 Å². The van der Waals surface area contributed by atoms with Gasteiger partial charge in [0.2, 0.25) is 0 Å². The number of nitrogens with zero attached hydrogens (tertiary/aromatic N) is 4. The van der Waals surface area contributed by atoms with Crippen LogP contribution in [0.1, 0.15) is 41.0 Å². The molecule has 0 bridgehead atoms. The van der Waals surface area contributed by atoms with E-state index in [0.717, 1.165) is 45.4 Å². The third kappa shape index (κ3) is 7.46. The van der Waals surface area contributed by atoms with Crippen molar-refractivity contribution in [2.45, 2.75) is 38.0 Å². The average Bonchev–Trinajstić information content (AvgIpc) is 2.86. The fraction of sp³-hybridized carbons (Fsp3) is 0.500. The SMILES string of the molecule is COc1ccccc1C(=O)NC1CCN(CCCCNCc2nccnc2C#N)CC1OC.O. The molecule has 2 unspecified atom stereocenters. The number of hydrogen-bond donors (Lipinski definition) is 2. The van der Waals surface area contributed by atoms with E-state index in [1.165, 1.54) is 6.20 Å². The second-order valence-electron chi connectivity index (χ2n) is 7.99. The summed E-state index contributed by atoms with van der Waals surface area (Å²) in [5.41, 5.74) is 1.59. The lowest BCUT2D eigenvalue weighted by Gasteiger charge is -2.38. The van der Waals surface area contributed by atoms with Crippen LogP contribution in [-0.4, -0.2) is 78.8 Å². The molecule has 1 aromatic heterocycles. The first kappa shape index (κ1) is 27.1. The molecule has 0 spiro atoms. The largest absolute Gasteiger partial charge is 0.496 e. The second-order valence-corrected chi connectivity index (χ2v) is 7.99. The Morgan fingerprint density at radius 1 is 1.24 bits per heavy atom. The van der Waals surface area contributed by atoms with Gasteiger partial charge < -0.3 is 30.5 Å². The predicted octanol–water partition coefficient (Wildman–Crippen LogP) is 0.921. The lowest BCUT2D eigenvalue weighted by molar-refractivity contribution is 0.00601. The van der Waals surface area contributed by atoms with Crippen molar-refractivity contribution in [3.05, 3.63) is 53.6 Å². The van der Waals surface area contributed by atoms with Crippen LogP contribution in [0.3, 0.4) is 0 Å². The van der Waals surface area contributed by atoms with Crippen molar-refractivity contribution in [2.75, 3.05) is 40.4 Å². The minimum atomic E-state index is -0.137. The van der Waals surface area contributed by atoms with E-state index in [1.807, 2.05) is 12.1 Å². The molecule has 10 heteroatoms. The summed E-state index contributed by atoms with van der Waals surface area (Å²) in [6.45, 7) is 4.06. The number of para-hydroxylation sites is 1. The van der Waals surface area contributed by atoms with Crippen LogP contribution in [0.2, 0.25) is 0 Å². The summed E-state index contributed by atoms with van der Waals surface area (Å²) in [6, 6.07) is 9.27. The Bertz CT molecular complexity index is 951. The van der Waals surface area contributed by atoms with Crippen LogP contribution < -0.4 is 15.4 Å². The van der Waals surface area contributed by atoms with E-state index in [1.54, 1.807) is 32.5 Å². The molecule has 1 aliphatic rings. The monoisotopic (exact) mass is 470 g/mol. The van der Waals surface area contributed by atoms with Crippen molar-refractivity contribution in [3.63, 3.8) is 0 Å². The van der Waals surface area contributed by atoms with E-state index in [-0.39, 0.29) is 23.5 Å². The van der Waals surface area contributed by atoms with Crippen molar-refractivity contribution >= 4 is 5.91 Å². The number of amides is 1. The maximum Gasteiger partial charge on any atom is 0.255 e. The van der Waals surface area contributed by atoms with Gasteiger partial charge in [0.15, 0.2) is 5.69 Å². The number of ether oxygens (including phenoxy) is 2. The Morgan fingerprint density at radius 2 is 2.03 bits per heavy atom. The molecule has 184 valence electrons. The molecule has 1 aromatic carbocycles. The lowest BCUT2D eigenvalue weighted by Crippen LogP contribution is -2.54. The van der Waals surface area contributed by atoms with Gasteiger partial charge in [-0.05, 0) is 44.5 Å². The van der Waals surface area contributed by atoms with Crippen molar-refractivity contribution in [1.29, 1.82) is 5.26 Å². The highest BCUT2D eigenvalue weighted by atomic mass is 16.5. The van der Waals surface area contributed by atoms with Crippen LogP contribution in [0.15, 0.2) is 36.7 Å². The smallest absolute Gasteiger partial charge is 0.255 e. The molecular weight excluding hydrogens is 436 g/mol. The Morgan fingerprint density at radius 3 is 2.79 bits per heavy atom. The zero-order valence-corrected chi connectivity index (χ0v) is 19.8. The Hall–Kier alpha value is -3.10. The molecule has 1 saturated heterocycles. The second kappa shape index (κ2) is 14.2. The number of nitrogens with one attached hydrogen (secondary N) is 2. The normalized spacial score (nSPS) is 17.9. The number of likely N-dealkylation sites (tertiary alicyclic amines) is 1. The van der Waals surface area contributed by atoms with Crippen LogP contribution in [-0.2, 0) is 11.3 Å². The van der Waals surface area contributed by atoms with E-state index < -0.39 is 0 Å². The summed E-state index contributed by atoms with van der Waals surface area (Å²) in [5.74, 6) is 0.430. The predicted molar refractivity (Wildman–Crippen MR) is 127 cm³/mol. The molecule has 1 aliphatic heterocycles. The van der Waals surface area contributed by atoms with Crippen LogP contribution in [0.4, 0.5) is 0 Å². The molecule has 2 heterocycles. The highest BCUT2D eigenvalue weighted by Gasteiger charge is 2.30. The van der Waals surface area contributed by atoms with Gasteiger partial charge in [-0.2, -0.15) is 5.26 Å². The van der Waals surface area contributed by atoms with Gasteiger partial charge in [0.05, 0.1) is 30.5 Å². The summed E-state index contributed by atoms with van der Waals surface area (Å²) >= 11 is 0. The van der Waals surface area contributed by atoms with E-state index in [2.05, 4.69) is 31.6 Å². The molecule has 2 atom stereocenters. The third-order valence-corrected chi connectivity index (χ3v) is 5.86. The summed E-state index contributed by atoms with van der Waals surface area (Å²) in [4.78, 5) is 23.4. The number of carbonyl (C=O) groups is 1. The number of hydrogen-bond acceptors (Lipinski definition) is 8. The Labute approximate surface area is 200 Å². The molecule has 3 rings (SSSR count). The maximum absolute atomic E-state index is 12.8. The van der Waals surface area contributed by atoms with Gasteiger partial charge in [-0.25, -0.2) is 4.98 Å². The summed E-state index contributed by atoms with van der Waals surface area (Å²) in [7, 11) is 3.26. The quantitative estimate of drug-likeness (QED) is 0.461. The number of benzene rings is 1. The lowest BCUT2D eigenvalue weighted by atomic mass is 10.0. The number of carbonyl (C=O) groups excluding carboxylic acids is 1. The van der Waals surface area contributed by atoms with Gasteiger partial charge in [-0.15, -0.1) is 0 Å². The molecule has 2 aromatic rings. The summed E-state index contributed by atoms with van der Waals surface area (Å²) < 4.78 is 11.0. The highest BCUT2D eigenvalue weighted by molar-refractivity contribution is 5.97. The minimum absolute atomic E-state index is 0. The first-order valence-corrected chi connectivity index (χ1v) is 11.3. The maximum atomic E-state index is 12.8. The first-order valence-electron chi connectivity index (χ1n) is 11.3. The summed E-state index contributed by atoms with van der Waals surface area (Å²) in [6.07, 6.45) is 5.98. The molecule has 0 radical (unpaired) electrons. The number of nitriles is 1. The topological polar surface area (TPSA) is 144 Å². The highest BCUT2D eigenvalue weighted by Crippen LogP contribution is 2.19. The van der Waals surface area contributed by atoms with Gasteiger partial charge in [0.25, 0.3) is 5.91 Å². The molecule has 4 N–H and O–H groups in total. The van der Waals surface area contributed by atoms with Crippen molar-refractivity contribution in [2.24, 2.45) is 0 Å². The van der Waals surface area contributed by atoms with Crippen molar-refractivity contribution in [1.82, 2.24) is 25.5 Å². The number of unbranched alkanes of at least 4 members (excludes halogenated alkanes) is 1. The molecule has 0 saturated carbocycles. The fourth-order valence-electron chi connectivity index (χ4n) is 4.05. The van der Waals surface area contributed by atoms with Crippen LogP contribution in [0.25, 0.3) is 0 Å². The first-order chi connectivity index (χ1) is 16.2. The molecule has 1 amide bonds. The van der Waals surface area contributed by atoms with Crippen LogP contribution in [0, 0.1) is 11.3 Å². The van der Waals surface area contributed by atoms with Crippen molar-refractivity contribution in [3.8, 4) is 11.8 Å². The Kier molecular flexibility index (Phi) is 11.4. The van der Waals surface area contributed by atoms with E-state index in [9.17, 15) is 4.79 Å².